The number of hydrogen-bond acceptors (Lipinski definition) is 2. The number of thiophene rings is 1. The van der Waals surface area contributed by atoms with E-state index in [-0.39, 0.29) is 0 Å². The molecule has 0 bridgehead atoms. The third-order valence-electron chi connectivity index (χ3n) is 3.23. The fourth-order valence-corrected chi connectivity index (χ4v) is 3.70. The van der Waals surface area contributed by atoms with E-state index in [1.807, 2.05) is 0 Å². The third-order valence-corrected chi connectivity index (χ3v) is 5.01. The summed E-state index contributed by atoms with van der Waals surface area (Å²) < 4.78 is 0. The molecule has 1 aliphatic rings. The highest BCUT2D eigenvalue weighted by Crippen LogP contribution is 2.39. The van der Waals surface area contributed by atoms with Gasteiger partial charge in [0, 0.05) is 4.88 Å². The molecule has 0 spiro atoms. The summed E-state index contributed by atoms with van der Waals surface area (Å²) in [4.78, 5) is 1.30. The van der Waals surface area contributed by atoms with Gasteiger partial charge in [-0.15, -0.1) is 11.3 Å². The molecule has 0 aromatic carbocycles. The Morgan fingerprint density at radius 3 is 2.88 bits per heavy atom. The van der Waals surface area contributed by atoms with Crippen molar-refractivity contribution in [2.45, 2.75) is 45.6 Å². The van der Waals surface area contributed by atoms with Crippen LogP contribution in [0.15, 0.2) is 17.0 Å². The molecule has 94 valence electrons. The lowest BCUT2D eigenvalue weighted by Gasteiger charge is -2.19. The van der Waals surface area contributed by atoms with E-state index in [1.54, 1.807) is 11.3 Å². The lowest BCUT2D eigenvalue weighted by molar-refractivity contribution is 0.585. The molecule has 1 aliphatic carbocycles. The van der Waals surface area contributed by atoms with Gasteiger partial charge in [0.25, 0.3) is 0 Å². The Kier molecular flexibility index (Phi) is 4.66. The number of halogens is 1. The summed E-state index contributed by atoms with van der Waals surface area (Å²) in [6.45, 7) is 5.34. The molecule has 1 heterocycles. The molecule has 1 N–H and O–H groups in total. The minimum absolute atomic E-state index is 0.351. The molecule has 1 unspecified atom stereocenters. The summed E-state index contributed by atoms with van der Waals surface area (Å²) in [5.41, 5.74) is 2.73. The lowest BCUT2D eigenvalue weighted by atomic mass is 10.0. The summed E-state index contributed by atoms with van der Waals surface area (Å²) >= 11 is 8.19. The molecule has 1 aromatic heterocycles. The van der Waals surface area contributed by atoms with Crippen LogP contribution in [0.25, 0.3) is 0 Å². The van der Waals surface area contributed by atoms with Crippen molar-refractivity contribution in [1.29, 1.82) is 0 Å². The topological polar surface area (TPSA) is 12.0 Å². The van der Waals surface area contributed by atoms with Gasteiger partial charge in [0.2, 0.25) is 0 Å². The maximum atomic E-state index is 6.40. The fraction of sp³-hybridized carbons (Fsp3) is 0.571. The smallest absolute Gasteiger partial charge is 0.0645 e. The zero-order chi connectivity index (χ0) is 12.3. The summed E-state index contributed by atoms with van der Waals surface area (Å²) in [6.07, 6.45) is 7.28. The zero-order valence-electron chi connectivity index (χ0n) is 10.6. The second kappa shape index (κ2) is 6.03. The van der Waals surface area contributed by atoms with Crippen LogP contribution >= 0.6 is 22.9 Å². The summed E-state index contributed by atoms with van der Waals surface area (Å²) in [7, 11) is 0. The first-order chi connectivity index (χ1) is 8.24. The highest BCUT2D eigenvalue weighted by molar-refractivity contribution is 7.10. The Morgan fingerprint density at radius 2 is 2.35 bits per heavy atom. The summed E-state index contributed by atoms with van der Waals surface area (Å²) in [5, 5.41) is 6.76. The first-order valence-corrected chi connectivity index (χ1v) is 7.65. The van der Waals surface area contributed by atoms with Crippen LogP contribution in [0.3, 0.4) is 0 Å². The van der Waals surface area contributed by atoms with Crippen molar-refractivity contribution in [2.24, 2.45) is 0 Å². The van der Waals surface area contributed by atoms with Gasteiger partial charge in [0.15, 0.2) is 0 Å². The molecule has 0 fully saturated rings. The molecule has 0 saturated heterocycles. The second-order valence-electron chi connectivity index (χ2n) is 4.66. The van der Waals surface area contributed by atoms with Crippen molar-refractivity contribution in [3.8, 4) is 0 Å². The minimum Gasteiger partial charge on any atom is -0.306 e. The van der Waals surface area contributed by atoms with Crippen molar-refractivity contribution < 1.29 is 0 Å². The van der Waals surface area contributed by atoms with Crippen LogP contribution in [0.4, 0.5) is 0 Å². The molecule has 0 aliphatic heterocycles. The first-order valence-electron chi connectivity index (χ1n) is 6.39. The van der Waals surface area contributed by atoms with Crippen LogP contribution in [0, 0.1) is 6.92 Å². The van der Waals surface area contributed by atoms with E-state index in [4.69, 9.17) is 11.6 Å². The SMILES string of the molecule is CCCNC(C1=CCCC1)c1scc(C)c1Cl. The Bertz CT molecular complexity index is 408. The molecule has 1 aromatic rings. The average Bonchev–Trinajstić information content (AvgIpc) is 2.94. The van der Waals surface area contributed by atoms with E-state index in [2.05, 4.69) is 30.6 Å². The first kappa shape index (κ1) is 13.1. The van der Waals surface area contributed by atoms with Crippen molar-refractivity contribution in [3.05, 3.63) is 32.5 Å². The summed E-state index contributed by atoms with van der Waals surface area (Å²) in [5.74, 6) is 0. The van der Waals surface area contributed by atoms with Gasteiger partial charge in [0.05, 0.1) is 11.1 Å². The molecule has 0 amide bonds. The van der Waals surface area contributed by atoms with Crippen molar-refractivity contribution >= 4 is 22.9 Å². The Morgan fingerprint density at radius 1 is 1.53 bits per heavy atom. The fourth-order valence-electron chi connectivity index (χ4n) is 2.28. The van der Waals surface area contributed by atoms with E-state index in [0.29, 0.717) is 6.04 Å². The number of allylic oxidation sites excluding steroid dienone is 1. The van der Waals surface area contributed by atoms with E-state index in [0.717, 1.165) is 18.0 Å². The van der Waals surface area contributed by atoms with Gasteiger partial charge in [0.1, 0.15) is 0 Å². The normalized spacial score (nSPS) is 17.2. The quantitative estimate of drug-likeness (QED) is 0.753. The molecule has 2 rings (SSSR count). The maximum Gasteiger partial charge on any atom is 0.0645 e. The predicted octanol–water partition coefficient (Wildman–Crippen LogP) is 4.86. The number of rotatable bonds is 5. The van der Waals surface area contributed by atoms with E-state index in [9.17, 15) is 0 Å². The van der Waals surface area contributed by atoms with Gasteiger partial charge < -0.3 is 5.32 Å². The van der Waals surface area contributed by atoms with Gasteiger partial charge >= 0.3 is 0 Å². The second-order valence-corrected chi connectivity index (χ2v) is 5.94. The molecular weight excluding hydrogens is 250 g/mol. The van der Waals surface area contributed by atoms with Gasteiger partial charge in [-0.05, 0) is 50.1 Å². The lowest BCUT2D eigenvalue weighted by Crippen LogP contribution is -2.23. The number of aryl methyl sites for hydroxylation is 1. The molecular formula is C14H20ClNS. The van der Waals surface area contributed by atoms with Crippen LogP contribution in [0.1, 0.15) is 49.1 Å². The van der Waals surface area contributed by atoms with Crippen LogP contribution in [-0.2, 0) is 0 Å². The molecule has 1 nitrogen and oxygen atoms in total. The Balaban J connectivity index is 2.23. The maximum absolute atomic E-state index is 6.40. The van der Waals surface area contributed by atoms with E-state index in [1.165, 1.54) is 35.3 Å². The van der Waals surface area contributed by atoms with Crippen molar-refractivity contribution in [3.63, 3.8) is 0 Å². The standard InChI is InChI=1S/C14H20ClNS/c1-3-8-16-13(11-6-4-5-7-11)14-12(15)10(2)9-17-14/h6,9,13,16H,3-5,7-8H2,1-2H3. The number of hydrogen-bond donors (Lipinski definition) is 1. The van der Waals surface area contributed by atoms with Crippen LogP contribution in [0.5, 0.6) is 0 Å². The molecule has 1 atom stereocenters. The summed E-state index contributed by atoms with van der Waals surface area (Å²) in [6, 6.07) is 0.351. The molecule has 3 heteroatoms. The van der Waals surface area contributed by atoms with E-state index >= 15 is 0 Å². The van der Waals surface area contributed by atoms with Crippen molar-refractivity contribution in [2.75, 3.05) is 6.54 Å². The molecule has 0 radical (unpaired) electrons. The highest BCUT2D eigenvalue weighted by Gasteiger charge is 2.22. The average molecular weight is 270 g/mol. The van der Waals surface area contributed by atoms with Gasteiger partial charge in [-0.3, -0.25) is 0 Å². The molecule has 0 saturated carbocycles. The Hall–Kier alpha value is -0.310. The van der Waals surface area contributed by atoms with Crippen LogP contribution in [0.2, 0.25) is 5.02 Å². The van der Waals surface area contributed by atoms with Crippen molar-refractivity contribution in [1.82, 2.24) is 5.32 Å². The van der Waals surface area contributed by atoms with Crippen LogP contribution < -0.4 is 5.32 Å². The largest absolute Gasteiger partial charge is 0.306 e. The van der Waals surface area contributed by atoms with Gasteiger partial charge in [-0.25, -0.2) is 0 Å². The molecule has 17 heavy (non-hydrogen) atoms. The minimum atomic E-state index is 0.351. The number of nitrogens with one attached hydrogen (secondary N) is 1. The Labute approximate surface area is 113 Å². The zero-order valence-corrected chi connectivity index (χ0v) is 12.1. The van der Waals surface area contributed by atoms with E-state index < -0.39 is 0 Å². The monoisotopic (exact) mass is 269 g/mol. The van der Waals surface area contributed by atoms with Gasteiger partial charge in [-0.2, -0.15) is 0 Å². The van der Waals surface area contributed by atoms with Crippen LogP contribution in [-0.4, -0.2) is 6.54 Å². The van der Waals surface area contributed by atoms with Gasteiger partial charge in [-0.1, -0.05) is 30.2 Å². The third kappa shape index (κ3) is 2.93. The highest BCUT2D eigenvalue weighted by atomic mass is 35.5. The predicted molar refractivity (Wildman–Crippen MR) is 77.0 cm³/mol.